The zero-order chi connectivity index (χ0) is 22.1. The van der Waals surface area contributed by atoms with Gasteiger partial charge in [-0.3, -0.25) is 9.69 Å². The van der Waals surface area contributed by atoms with Gasteiger partial charge in [-0.15, -0.1) is 0 Å². The van der Waals surface area contributed by atoms with E-state index in [0.717, 1.165) is 30.5 Å². The lowest BCUT2D eigenvalue weighted by Crippen LogP contribution is -2.43. The molecular weight excluding hydrogens is 394 g/mol. The molecular formula is C29H29NO2. The van der Waals surface area contributed by atoms with E-state index in [4.69, 9.17) is 0 Å². The molecule has 3 nitrogen and oxygen atoms in total. The van der Waals surface area contributed by atoms with Crippen molar-refractivity contribution in [3.63, 3.8) is 0 Å². The minimum atomic E-state index is -0.897. The van der Waals surface area contributed by atoms with Crippen LogP contribution in [0.2, 0.25) is 0 Å². The number of carbonyl (C=O) groups is 1. The summed E-state index contributed by atoms with van der Waals surface area (Å²) in [5, 5.41) is 10.8. The molecule has 1 heterocycles. The zero-order valence-corrected chi connectivity index (χ0v) is 18.5. The first-order chi connectivity index (χ1) is 15.6. The standard InChI is InChI=1S/C29H29NO2/c1-21-10-8-9-15-24(21)25-16-17-26(23-13-6-3-7-14-23)29(28(31)32)20-30(19-27(25)29)18-22-11-4-2-5-12-22/h2-15,26H,16-20H2,1H3,(H,31,32). The molecule has 0 spiro atoms. The molecule has 1 fully saturated rings. The van der Waals surface area contributed by atoms with Crippen molar-refractivity contribution in [3.8, 4) is 0 Å². The van der Waals surface area contributed by atoms with Gasteiger partial charge < -0.3 is 5.11 Å². The van der Waals surface area contributed by atoms with E-state index in [1.807, 2.05) is 24.3 Å². The largest absolute Gasteiger partial charge is 0.481 e. The van der Waals surface area contributed by atoms with Gasteiger partial charge in [0.15, 0.2) is 0 Å². The van der Waals surface area contributed by atoms with Crippen molar-refractivity contribution in [2.24, 2.45) is 5.41 Å². The third-order valence-electron chi connectivity index (χ3n) is 7.34. The molecule has 0 amide bonds. The molecule has 0 saturated carbocycles. The fraction of sp³-hybridized carbons (Fsp3) is 0.276. The number of likely N-dealkylation sites (tertiary alicyclic amines) is 1. The van der Waals surface area contributed by atoms with Crippen molar-refractivity contribution in [3.05, 3.63) is 113 Å². The van der Waals surface area contributed by atoms with Crippen molar-refractivity contribution in [1.29, 1.82) is 0 Å². The zero-order valence-electron chi connectivity index (χ0n) is 18.5. The lowest BCUT2D eigenvalue weighted by Gasteiger charge is -2.40. The van der Waals surface area contributed by atoms with Crippen LogP contribution in [0, 0.1) is 12.3 Å². The fourth-order valence-corrected chi connectivity index (χ4v) is 5.88. The Balaban J connectivity index is 1.65. The summed E-state index contributed by atoms with van der Waals surface area (Å²) < 4.78 is 0. The lowest BCUT2D eigenvalue weighted by molar-refractivity contribution is -0.147. The van der Waals surface area contributed by atoms with Crippen LogP contribution in [0.5, 0.6) is 0 Å². The minimum absolute atomic E-state index is 0.0234. The van der Waals surface area contributed by atoms with Gasteiger partial charge in [0, 0.05) is 25.6 Å². The summed E-state index contributed by atoms with van der Waals surface area (Å²) in [5.41, 5.74) is 6.24. The molecule has 32 heavy (non-hydrogen) atoms. The van der Waals surface area contributed by atoms with Crippen molar-refractivity contribution < 1.29 is 9.90 Å². The second-order valence-electron chi connectivity index (χ2n) is 9.18. The van der Waals surface area contributed by atoms with E-state index in [2.05, 4.69) is 72.5 Å². The molecule has 0 bridgehead atoms. The number of allylic oxidation sites excluding steroid dienone is 1. The minimum Gasteiger partial charge on any atom is -0.481 e. The van der Waals surface area contributed by atoms with Crippen LogP contribution in [-0.2, 0) is 11.3 Å². The molecule has 3 heteroatoms. The Morgan fingerprint density at radius 2 is 1.62 bits per heavy atom. The number of benzene rings is 3. The summed E-state index contributed by atoms with van der Waals surface area (Å²) in [5.74, 6) is -0.715. The Hall–Kier alpha value is -3.17. The van der Waals surface area contributed by atoms with Crippen LogP contribution in [0.25, 0.3) is 5.57 Å². The van der Waals surface area contributed by atoms with Crippen LogP contribution in [-0.4, -0.2) is 29.1 Å². The number of carboxylic acid groups (broad SMARTS) is 1. The summed E-state index contributed by atoms with van der Waals surface area (Å²) in [4.78, 5) is 15.5. The monoisotopic (exact) mass is 423 g/mol. The number of aryl methyl sites for hydroxylation is 1. The van der Waals surface area contributed by atoms with E-state index < -0.39 is 11.4 Å². The van der Waals surface area contributed by atoms with Crippen LogP contribution in [0.3, 0.4) is 0 Å². The molecule has 3 aromatic rings. The maximum atomic E-state index is 13.1. The van der Waals surface area contributed by atoms with Crippen LogP contribution in [0.15, 0.2) is 90.5 Å². The highest BCUT2D eigenvalue weighted by molar-refractivity contribution is 5.88. The van der Waals surface area contributed by atoms with Gasteiger partial charge in [0.1, 0.15) is 5.41 Å². The van der Waals surface area contributed by atoms with Gasteiger partial charge in [-0.2, -0.15) is 0 Å². The van der Waals surface area contributed by atoms with E-state index in [-0.39, 0.29) is 5.92 Å². The molecule has 2 atom stereocenters. The molecule has 3 aromatic carbocycles. The Labute approximate surface area is 190 Å². The van der Waals surface area contributed by atoms with E-state index in [1.54, 1.807) is 0 Å². The number of carboxylic acids is 1. The third kappa shape index (κ3) is 3.47. The van der Waals surface area contributed by atoms with Gasteiger partial charge >= 0.3 is 5.97 Å². The summed E-state index contributed by atoms with van der Waals surface area (Å²) in [6.45, 7) is 4.14. The highest BCUT2D eigenvalue weighted by Gasteiger charge is 2.57. The number of rotatable bonds is 5. The molecule has 162 valence electrons. The topological polar surface area (TPSA) is 40.5 Å². The number of hydrogen-bond donors (Lipinski definition) is 1. The van der Waals surface area contributed by atoms with Crippen molar-refractivity contribution >= 4 is 11.5 Å². The number of fused-ring (bicyclic) bond motifs is 1. The quantitative estimate of drug-likeness (QED) is 0.554. The molecule has 0 radical (unpaired) electrons. The molecule has 2 aliphatic rings. The van der Waals surface area contributed by atoms with Crippen LogP contribution >= 0.6 is 0 Å². The molecule has 1 saturated heterocycles. The van der Waals surface area contributed by atoms with Gasteiger partial charge in [0.05, 0.1) is 0 Å². The molecule has 1 aliphatic carbocycles. The molecule has 0 aromatic heterocycles. The average Bonchev–Trinajstić information content (AvgIpc) is 3.20. The second-order valence-corrected chi connectivity index (χ2v) is 9.18. The number of hydrogen-bond acceptors (Lipinski definition) is 2. The molecule has 1 N–H and O–H groups in total. The first-order valence-corrected chi connectivity index (χ1v) is 11.4. The molecule has 1 aliphatic heterocycles. The van der Waals surface area contributed by atoms with Gasteiger partial charge in [0.2, 0.25) is 0 Å². The summed E-state index contributed by atoms with van der Waals surface area (Å²) >= 11 is 0. The van der Waals surface area contributed by atoms with Crippen LogP contribution in [0.4, 0.5) is 0 Å². The van der Waals surface area contributed by atoms with E-state index in [0.29, 0.717) is 13.1 Å². The van der Waals surface area contributed by atoms with Crippen molar-refractivity contribution in [2.45, 2.75) is 32.2 Å². The normalized spacial score (nSPS) is 23.2. The third-order valence-corrected chi connectivity index (χ3v) is 7.34. The van der Waals surface area contributed by atoms with Crippen LogP contribution < -0.4 is 0 Å². The average molecular weight is 424 g/mol. The Bertz CT molecular complexity index is 1150. The van der Waals surface area contributed by atoms with Gasteiger partial charge in [0.25, 0.3) is 0 Å². The van der Waals surface area contributed by atoms with Gasteiger partial charge in [-0.1, -0.05) is 84.9 Å². The first-order valence-electron chi connectivity index (χ1n) is 11.4. The Morgan fingerprint density at radius 1 is 0.969 bits per heavy atom. The second kappa shape index (κ2) is 8.40. The van der Waals surface area contributed by atoms with Crippen LogP contribution in [0.1, 0.15) is 41.0 Å². The lowest BCUT2D eigenvalue weighted by atomic mass is 9.61. The van der Waals surface area contributed by atoms with Gasteiger partial charge in [-0.25, -0.2) is 0 Å². The highest BCUT2D eigenvalue weighted by Crippen LogP contribution is 2.56. The predicted molar refractivity (Wildman–Crippen MR) is 128 cm³/mol. The first kappa shape index (κ1) is 20.7. The van der Waals surface area contributed by atoms with E-state index in [9.17, 15) is 9.90 Å². The number of aliphatic carboxylic acids is 1. The Morgan fingerprint density at radius 3 is 2.31 bits per heavy atom. The summed E-state index contributed by atoms with van der Waals surface area (Å²) in [6, 6.07) is 29.1. The highest BCUT2D eigenvalue weighted by atomic mass is 16.4. The Kier molecular flexibility index (Phi) is 5.44. The SMILES string of the molecule is Cc1ccccc1C1=C2CN(Cc3ccccc3)CC2(C(=O)O)C(c2ccccc2)CC1. The van der Waals surface area contributed by atoms with E-state index >= 15 is 0 Å². The molecule has 2 unspecified atom stereocenters. The summed E-state index contributed by atoms with van der Waals surface area (Å²) in [6.07, 6.45) is 1.76. The maximum Gasteiger partial charge on any atom is 0.315 e. The maximum absolute atomic E-state index is 13.1. The van der Waals surface area contributed by atoms with E-state index in [1.165, 1.54) is 22.3 Å². The predicted octanol–water partition coefficient (Wildman–Crippen LogP) is 5.91. The van der Waals surface area contributed by atoms with Crippen molar-refractivity contribution in [2.75, 3.05) is 13.1 Å². The summed E-state index contributed by atoms with van der Waals surface area (Å²) in [7, 11) is 0. The fourth-order valence-electron chi connectivity index (χ4n) is 5.88. The molecule has 5 rings (SSSR count). The smallest absolute Gasteiger partial charge is 0.315 e. The van der Waals surface area contributed by atoms with Gasteiger partial charge in [-0.05, 0) is 53.2 Å². The number of nitrogens with zero attached hydrogens (tertiary/aromatic N) is 1. The van der Waals surface area contributed by atoms with Crippen molar-refractivity contribution in [1.82, 2.24) is 4.90 Å².